The first-order valence-corrected chi connectivity index (χ1v) is 6.22. The van der Waals surface area contributed by atoms with Gasteiger partial charge in [-0.3, -0.25) is 9.69 Å². The van der Waals surface area contributed by atoms with Crippen molar-refractivity contribution in [2.75, 3.05) is 38.2 Å². The molecule has 1 N–H and O–H groups in total. The zero-order valence-corrected chi connectivity index (χ0v) is 11.1. The SMILES string of the molecule is Cl.O=C(CCN1CCOCC1)Nc1nccs1. The fourth-order valence-electron chi connectivity index (χ4n) is 1.55. The molecule has 1 aromatic heterocycles. The minimum Gasteiger partial charge on any atom is -0.379 e. The molecule has 0 bridgehead atoms. The number of hydrogen-bond donors (Lipinski definition) is 1. The molecule has 2 rings (SSSR count). The van der Waals surface area contributed by atoms with Crippen LogP contribution in [-0.2, 0) is 9.53 Å². The second kappa shape index (κ2) is 7.60. The number of carbonyl (C=O) groups excluding carboxylic acids is 1. The molecule has 1 fully saturated rings. The molecule has 1 aromatic rings. The first-order valence-electron chi connectivity index (χ1n) is 5.34. The van der Waals surface area contributed by atoms with Crippen LogP contribution in [0, 0.1) is 0 Å². The molecule has 5 nitrogen and oxygen atoms in total. The summed E-state index contributed by atoms with van der Waals surface area (Å²) in [4.78, 5) is 17.8. The standard InChI is InChI=1S/C10H15N3O2S.ClH/c14-9(12-10-11-2-8-16-10)1-3-13-4-6-15-7-5-13;/h2,8H,1,3-7H2,(H,11,12,14);1H. The number of thiazole rings is 1. The van der Waals surface area contributed by atoms with Gasteiger partial charge in [-0.15, -0.1) is 23.7 Å². The van der Waals surface area contributed by atoms with Crippen LogP contribution in [0.1, 0.15) is 6.42 Å². The minimum atomic E-state index is 0. The smallest absolute Gasteiger partial charge is 0.227 e. The molecule has 0 atom stereocenters. The van der Waals surface area contributed by atoms with Gasteiger partial charge in [0, 0.05) is 37.6 Å². The van der Waals surface area contributed by atoms with Gasteiger partial charge in [0.1, 0.15) is 0 Å². The Hall–Kier alpha value is -0.690. The molecule has 0 spiro atoms. The molecule has 1 aliphatic rings. The van der Waals surface area contributed by atoms with E-state index in [2.05, 4.69) is 15.2 Å². The van der Waals surface area contributed by atoms with E-state index in [0.29, 0.717) is 11.6 Å². The lowest BCUT2D eigenvalue weighted by Gasteiger charge is -2.26. The Bertz CT molecular complexity index is 328. The summed E-state index contributed by atoms with van der Waals surface area (Å²) in [6, 6.07) is 0. The first kappa shape index (κ1) is 14.4. The zero-order valence-electron chi connectivity index (χ0n) is 9.42. The van der Waals surface area contributed by atoms with E-state index in [1.165, 1.54) is 11.3 Å². The van der Waals surface area contributed by atoms with Crippen molar-refractivity contribution >= 4 is 34.8 Å². The number of halogens is 1. The fourth-order valence-corrected chi connectivity index (χ4v) is 2.10. The van der Waals surface area contributed by atoms with Gasteiger partial charge in [0.25, 0.3) is 0 Å². The van der Waals surface area contributed by atoms with Crippen molar-refractivity contribution in [3.63, 3.8) is 0 Å². The van der Waals surface area contributed by atoms with Crippen molar-refractivity contribution in [2.24, 2.45) is 0 Å². The van der Waals surface area contributed by atoms with Gasteiger partial charge in [0.2, 0.25) is 5.91 Å². The molecule has 1 amide bonds. The van der Waals surface area contributed by atoms with E-state index in [-0.39, 0.29) is 18.3 Å². The van der Waals surface area contributed by atoms with Crippen LogP contribution < -0.4 is 5.32 Å². The van der Waals surface area contributed by atoms with Crippen molar-refractivity contribution in [3.05, 3.63) is 11.6 Å². The maximum Gasteiger partial charge on any atom is 0.227 e. The summed E-state index contributed by atoms with van der Waals surface area (Å²) < 4.78 is 5.24. The summed E-state index contributed by atoms with van der Waals surface area (Å²) in [5.74, 6) is 0.0291. The molecule has 0 radical (unpaired) electrons. The van der Waals surface area contributed by atoms with E-state index in [1.807, 2.05) is 5.38 Å². The number of aromatic nitrogens is 1. The van der Waals surface area contributed by atoms with E-state index in [0.717, 1.165) is 32.8 Å². The number of carbonyl (C=O) groups is 1. The average molecular weight is 278 g/mol. The van der Waals surface area contributed by atoms with E-state index in [9.17, 15) is 4.79 Å². The summed E-state index contributed by atoms with van der Waals surface area (Å²) in [5.41, 5.74) is 0. The Morgan fingerprint density at radius 3 is 2.94 bits per heavy atom. The fraction of sp³-hybridized carbons (Fsp3) is 0.600. The summed E-state index contributed by atoms with van der Waals surface area (Å²) in [6.45, 7) is 4.18. The molecule has 0 aliphatic carbocycles. The molecular weight excluding hydrogens is 262 g/mol. The number of morpholine rings is 1. The highest BCUT2D eigenvalue weighted by molar-refractivity contribution is 7.13. The quantitative estimate of drug-likeness (QED) is 0.899. The number of nitrogens with zero attached hydrogens (tertiary/aromatic N) is 2. The Kier molecular flexibility index (Phi) is 6.43. The average Bonchev–Trinajstić information content (AvgIpc) is 2.81. The van der Waals surface area contributed by atoms with Gasteiger partial charge in [-0.25, -0.2) is 4.98 Å². The molecule has 96 valence electrons. The van der Waals surface area contributed by atoms with Crippen LogP contribution in [0.2, 0.25) is 0 Å². The van der Waals surface area contributed by atoms with Gasteiger partial charge in [-0.05, 0) is 0 Å². The van der Waals surface area contributed by atoms with Gasteiger partial charge in [-0.1, -0.05) is 0 Å². The normalized spacial score (nSPS) is 16.2. The van der Waals surface area contributed by atoms with Crippen molar-refractivity contribution in [2.45, 2.75) is 6.42 Å². The first-order chi connectivity index (χ1) is 7.84. The Labute approximate surface area is 111 Å². The third kappa shape index (κ3) is 4.99. The van der Waals surface area contributed by atoms with Crippen LogP contribution in [0.15, 0.2) is 11.6 Å². The lowest BCUT2D eigenvalue weighted by Crippen LogP contribution is -2.38. The van der Waals surface area contributed by atoms with Gasteiger partial charge in [0.15, 0.2) is 5.13 Å². The predicted molar refractivity (Wildman–Crippen MR) is 69.9 cm³/mol. The second-order valence-corrected chi connectivity index (χ2v) is 4.48. The molecule has 0 saturated carbocycles. The molecule has 0 unspecified atom stereocenters. The molecular formula is C10H16ClN3O2S. The maximum absolute atomic E-state index is 11.6. The van der Waals surface area contributed by atoms with Crippen LogP contribution >= 0.6 is 23.7 Å². The van der Waals surface area contributed by atoms with E-state index >= 15 is 0 Å². The second-order valence-electron chi connectivity index (χ2n) is 3.59. The Balaban J connectivity index is 0.00000144. The molecule has 1 saturated heterocycles. The van der Waals surface area contributed by atoms with Gasteiger partial charge >= 0.3 is 0 Å². The monoisotopic (exact) mass is 277 g/mol. The minimum absolute atomic E-state index is 0. The van der Waals surface area contributed by atoms with Crippen molar-refractivity contribution in [1.82, 2.24) is 9.88 Å². The zero-order chi connectivity index (χ0) is 11.2. The largest absolute Gasteiger partial charge is 0.379 e. The number of rotatable bonds is 4. The maximum atomic E-state index is 11.6. The number of nitrogens with one attached hydrogen (secondary N) is 1. The molecule has 7 heteroatoms. The van der Waals surface area contributed by atoms with Gasteiger partial charge in [-0.2, -0.15) is 0 Å². The molecule has 0 aromatic carbocycles. The van der Waals surface area contributed by atoms with Crippen molar-refractivity contribution < 1.29 is 9.53 Å². The van der Waals surface area contributed by atoms with E-state index < -0.39 is 0 Å². The Morgan fingerprint density at radius 2 is 2.29 bits per heavy atom. The summed E-state index contributed by atoms with van der Waals surface area (Å²) in [6.07, 6.45) is 2.20. The van der Waals surface area contributed by atoms with Crippen LogP contribution in [0.3, 0.4) is 0 Å². The van der Waals surface area contributed by atoms with Crippen LogP contribution in [0.25, 0.3) is 0 Å². The predicted octanol–water partition coefficient (Wildman–Crippen LogP) is 1.23. The van der Waals surface area contributed by atoms with E-state index in [1.54, 1.807) is 6.20 Å². The number of amides is 1. The molecule has 2 heterocycles. The highest BCUT2D eigenvalue weighted by Gasteiger charge is 2.12. The third-order valence-corrected chi connectivity index (χ3v) is 3.13. The van der Waals surface area contributed by atoms with Gasteiger partial charge in [0.05, 0.1) is 13.2 Å². The van der Waals surface area contributed by atoms with Crippen molar-refractivity contribution in [3.8, 4) is 0 Å². The third-order valence-electron chi connectivity index (χ3n) is 2.44. The molecule has 1 aliphatic heterocycles. The number of anilines is 1. The van der Waals surface area contributed by atoms with E-state index in [4.69, 9.17) is 4.74 Å². The highest BCUT2D eigenvalue weighted by Crippen LogP contribution is 2.10. The number of ether oxygens (including phenoxy) is 1. The van der Waals surface area contributed by atoms with Crippen LogP contribution in [-0.4, -0.2) is 48.6 Å². The lowest BCUT2D eigenvalue weighted by molar-refractivity contribution is -0.116. The summed E-state index contributed by atoms with van der Waals surface area (Å²) in [7, 11) is 0. The van der Waals surface area contributed by atoms with Crippen LogP contribution in [0.4, 0.5) is 5.13 Å². The molecule has 17 heavy (non-hydrogen) atoms. The summed E-state index contributed by atoms with van der Waals surface area (Å²) >= 11 is 1.44. The summed E-state index contributed by atoms with van der Waals surface area (Å²) in [5, 5.41) is 5.29. The van der Waals surface area contributed by atoms with Crippen LogP contribution in [0.5, 0.6) is 0 Å². The highest BCUT2D eigenvalue weighted by atomic mass is 35.5. The Morgan fingerprint density at radius 1 is 1.53 bits per heavy atom. The van der Waals surface area contributed by atoms with Crippen molar-refractivity contribution in [1.29, 1.82) is 0 Å². The van der Waals surface area contributed by atoms with Gasteiger partial charge < -0.3 is 10.1 Å². The topological polar surface area (TPSA) is 54.5 Å². The lowest BCUT2D eigenvalue weighted by atomic mass is 10.3. The number of hydrogen-bond acceptors (Lipinski definition) is 5.